The Morgan fingerprint density at radius 2 is 2.19 bits per heavy atom. The van der Waals surface area contributed by atoms with Gasteiger partial charge in [-0.2, -0.15) is 0 Å². The number of nitrogens with one attached hydrogen (secondary N) is 1. The Bertz CT molecular complexity index is 581. The Kier molecular flexibility index (Phi) is 5.76. The molecule has 0 bridgehead atoms. The molecule has 2 aromatic rings. The summed E-state index contributed by atoms with van der Waals surface area (Å²) < 4.78 is 15.2. The van der Waals surface area contributed by atoms with Crippen molar-refractivity contribution in [1.29, 1.82) is 0 Å². The van der Waals surface area contributed by atoms with E-state index in [0.29, 0.717) is 12.5 Å². The van der Waals surface area contributed by atoms with Crippen LogP contribution in [-0.4, -0.2) is 16.1 Å². The van der Waals surface area contributed by atoms with Crippen LogP contribution in [-0.2, 0) is 13.1 Å². The molecule has 0 aliphatic carbocycles. The Balaban J connectivity index is 1.72. The number of halogens is 2. The quantitative estimate of drug-likeness (QED) is 0.784. The molecule has 0 unspecified atom stereocenters. The van der Waals surface area contributed by atoms with E-state index in [-0.39, 0.29) is 10.8 Å². The van der Waals surface area contributed by atoms with E-state index in [9.17, 15) is 4.39 Å². The molecule has 114 valence electrons. The van der Waals surface area contributed by atoms with E-state index in [0.717, 1.165) is 30.9 Å². The monoisotopic (exact) mass is 309 g/mol. The van der Waals surface area contributed by atoms with Crippen LogP contribution >= 0.6 is 11.6 Å². The Labute approximate surface area is 130 Å². The van der Waals surface area contributed by atoms with E-state index in [1.165, 1.54) is 6.07 Å². The van der Waals surface area contributed by atoms with Gasteiger partial charge in [0, 0.05) is 31.4 Å². The van der Waals surface area contributed by atoms with Gasteiger partial charge in [-0.15, -0.1) is 0 Å². The molecule has 1 aromatic carbocycles. The van der Waals surface area contributed by atoms with Crippen LogP contribution in [0, 0.1) is 5.82 Å². The molecule has 0 aliphatic heterocycles. The summed E-state index contributed by atoms with van der Waals surface area (Å²) in [7, 11) is 0. The van der Waals surface area contributed by atoms with Crippen molar-refractivity contribution in [2.75, 3.05) is 6.54 Å². The molecular formula is C16H21ClFN3. The molecule has 0 saturated heterocycles. The van der Waals surface area contributed by atoms with Crippen LogP contribution in [0.25, 0.3) is 0 Å². The molecule has 0 radical (unpaired) electrons. The van der Waals surface area contributed by atoms with Crippen LogP contribution < -0.4 is 5.32 Å². The van der Waals surface area contributed by atoms with Gasteiger partial charge in [0.1, 0.15) is 11.6 Å². The zero-order valence-electron chi connectivity index (χ0n) is 12.4. The molecule has 0 atom stereocenters. The number of aromatic nitrogens is 2. The molecule has 0 aliphatic rings. The minimum atomic E-state index is -0.373. The highest BCUT2D eigenvalue weighted by molar-refractivity contribution is 6.30. The molecule has 21 heavy (non-hydrogen) atoms. The zero-order chi connectivity index (χ0) is 15.2. The third kappa shape index (κ3) is 4.55. The maximum atomic E-state index is 13.0. The highest BCUT2D eigenvalue weighted by Gasteiger charge is 2.06. The SMILES string of the molecule is CC(C)c1nccn1CCCNCc1ccc(F)c(Cl)c1. The summed E-state index contributed by atoms with van der Waals surface area (Å²) in [6, 6.07) is 4.82. The standard InChI is InChI=1S/C16H21ClFN3/c1-12(2)16-20-7-9-21(16)8-3-6-19-11-13-4-5-15(18)14(17)10-13/h4-5,7,9-10,12,19H,3,6,8,11H2,1-2H3. The van der Waals surface area contributed by atoms with E-state index >= 15 is 0 Å². The highest BCUT2D eigenvalue weighted by Crippen LogP contribution is 2.16. The van der Waals surface area contributed by atoms with Crippen molar-refractivity contribution in [2.45, 2.75) is 39.3 Å². The molecule has 0 amide bonds. The number of benzene rings is 1. The van der Waals surface area contributed by atoms with Crippen molar-refractivity contribution in [3.05, 3.63) is 52.8 Å². The van der Waals surface area contributed by atoms with Crippen molar-refractivity contribution in [1.82, 2.24) is 14.9 Å². The van der Waals surface area contributed by atoms with Crippen molar-refractivity contribution < 1.29 is 4.39 Å². The largest absolute Gasteiger partial charge is 0.335 e. The second-order valence-corrected chi connectivity index (χ2v) is 5.82. The second-order valence-electron chi connectivity index (χ2n) is 5.41. The number of imidazole rings is 1. The molecule has 0 fully saturated rings. The predicted molar refractivity (Wildman–Crippen MR) is 84.0 cm³/mol. The normalized spacial score (nSPS) is 11.3. The lowest BCUT2D eigenvalue weighted by Crippen LogP contribution is -2.17. The summed E-state index contributed by atoms with van der Waals surface area (Å²) in [4.78, 5) is 4.37. The van der Waals surface area contributed by atoms with E-state index in [1.54, 1.807) is 12.1 Å². The highest BCUT2D eigenvalue weighted by atomic mass is 35.5. The first-order chi connectivity index (χ1) is 10.1. The summed E-state index contributed by atoms with van der Waals surface area (Å²) >= 11 is 5.76. The van der Waals surface area contributed by atoms with E-state index in [2.05, 4.69) is 28.7 Å². The maximum absolute atomic E-state index is 13.0. The first-order valence-electron chi connectivity index (χ1n) is 7.23. The minimum Gasteiger partial charge on any atom is -0.335 e. The fourth-order valence-electron chi connectivity index (χ4n) is 2.27. The zero-order valence-corrected chi connectivity index (χ0v) is 13.2. The summed E-state index contributed by atoms with van der Waals surface area (Å²) in [5, 5.41) is 3.52. The van der Waals surface area contributed by atoms with Crippen LogP contribution in [0.4, 0.5) is 4.39 Å². The second kappa shape index (κ2) is 7.57. The van der Waals surface area contributed by atoms with Crippen molar-refractivity contribution in [3.8, 4) is 0 Å². The number of hydrogen-bond donors (Lipinski definition) is 1. The molecule has 1 N–H and O–H groups in total. The van der Waals surface area contributed by atoms with Crippen molar-refractivity contribution >= 4 is 11.6 Å². The third-order valence-corrected chi connectivity index (χ3v) is 3.62. The third-order valence-electron chi connectivity index (χ3n) is 3.33. The molecule has 1 aromatic heterocycles. The molecular weight excluding hydrogens is 289 g/mol. The first kappa shape index (κ1) is 16.0. The Morgan fingerprint density at radius 1 is 1.38 bits per heavy atom. The van der Waals surface area contributed by atoms with Crippen LogP contribution in [0.15, 0.2) is 30.6 Å². The molecule has 0 spiro atoms. The molecule has 2 rings (SSSR count). The van der Waals surface area contributed by atoms with Gasteiger partial charge in [-0.25, -0.2) is 9.37 Å². The lowest BCUT2D eigenvalue weighted by atomic mass is 10.2. The fraction of sp³-hybridized carbons (Fsp3) is 0.438. The lowest BCUT2D eigenvalue weighted by Gasteiger charge is -2.10. The van der Waals surface area contributed by atoms with Gasteiger partial charge in [-0.3, -0.25) is 0 Å². The number of aryl methyl sites for hydroxylation is 1. The van der Waals surface area contributed by atoms with Gasteiger partial charge in [-0.05, 0) is 30.7 Å². The van der Waals surface area contributed by atoms with Gasteiger partial charge in [-0.1, -0.05) is 31.5 Å². The first-order valence-corrected chi connectivity index (χ1v) is 7.61. The predicted octanol–water partition coefficient (Wildman–Crippen LogP) is 3.98. The van der Waals surface area contributed by atoms with E-state index in [4.69, 9.17) is 11.6 Å². The summed E-state index contributed by atoms with van der Waals surface area (Å²) in [6.45, 7) is 6.83. The minimum absolute atomic E-state index is 0.175. The van der Waals surface area contributed by atoms with Crippen molar-refractivity contribution in [3.63, 3.8) is 0 Å². The number of nitrogens with zero attached hydrogens (tertiary/aromatic N) is 2. The topological polar surface area (TPSA) is 29.9 Å². The number of hydrogen-bond acceptors (Lipinski definition) is 2. The molecule has 3 nitrogen and oxygen atoms in total. The van der Waals surface area contributed by atoms with Crippen LogP contribution in [0.2, 0.25) is 5.02 Å². The Hall–Kier alpha value is -1.39. The maximum Gasteiger partial charge on any atom is 0.141 e. The van der Waals surface area contributed by atoms with Gasteiger partial charge < -0.3 is 9.88 Å². The van der Waals surface area contributed by atoms with Crippen LogP contribution in [0.3, 0.4) is 0 Å². The van der Waals surface area contributed by atoms with E-state index < -0.39 is 0 Å². The summed E-state index contributed by atoms with van der Waals surface area (Å²) in [5.74, 6) is 1.19. The molecule has 5 heteroatoms. The average Bonchev–Trinajstić information content (AvgIpc) is 2.91. The fourth-order valence-corrected chi connectivity index (χ4v) is 2.47. The Morgan fingerprint density at radius 3 is 2.90 bits per heavy atom. The summed E-state index contributed by atoms with van der Waals surface area (Å²) in [6.07, 6.45) is 4.89. The lowest BCUT2D eigenvalue weighted by molar-refractivity contribution is 0.553. The summed E-state index contributed by atoms with van der Waals surface area (Å²) in [5.41, 5.74) is 0.993. The smallest absolute Gasteiger partial charge is 0.141 e. The van der Waals surface area contributed by atoms with Gasteiger partial charge in [0.2, 0.25) is 0 Å². The molecule has 0 saturated carbocycles. The average molecular weight is 310 g/mol. The van der Waals surface area contributed by atoms with Crippen molar-refractivity contribution in [2.24, 2.45) is 0 Å². The van der Waals surface area contributed by atoms with Gasteiger partial charge in [0.15, 0.2) is 0 Å². The van der Waals surface area contributed by atoms with Crippen LogP contribution in [0.1, 0.15) is 37.6 Å². The van der Waals surface area contributed by atoms with Gasteiger partial charge >= 0.3 is 0 Å². The van der Waals surface area contributed by atoms with E-state index in [1.807, 2.05) is 12.4 Å². The van der Waals surface area contributed by atoms with Gasteiger partial charge in [0.25, 0.3) is 0 Å². The number of rotatable bonds is 7. The van der Waals surface area contributed by atoms with Crippen LogP contribution in [0.5, 0.6) is 0 Å². The van der Waals surface area contributed by atoms with Gasteiger partial charge in [0.05, 0.1) is 5.02 Å². The molecule has 1 heterocycles.